The molecule has 2 heterocycles. The van der Waals surface area contributed by atoms with Crippen molar-refractivity contribution in [2.24, 2.45) is 4.99 Å². The van der Waals surface area contributed by atoms with Gasteiger partial charge in [0.05, 0.1) is 5.01 Å². The predicted molar refractivity (Wildman–Crippen MR) is 130 cm³/mol. The molecule has 0 bridgehead atoms. The Kier molecular flexibility index (Phi) is 9.31. The van der Waals surface area contributed by atoms with Gasteiger partial charge in [0, 0.05) is 60.4 Å². The van der Waals surface area contributed by atoms with Crippen LogP contribution in [-0.4, -0.2) is 43.7 Å². The van der Waals surface area contributed by atoms with Gasteiger partial charge in [0.15, 0.2) is 5.96 Å². The number of aromatic nitrogens is 1. The summed E-state index contributed by atoms with van der Waals surface area (Å²) in [5, 5.41) is 8.15. The first-order valence-electron chi connectivity index (χ1n) is 9.09. The summed E-state index contributed by atoms with van der Waals surface area (Å²) in [6.07, 6.45) is 5.09. The molecule has 0 saturated carbocycles. The lowest BCUT2D eigenvalue weighted by Gasteiger charge is -2.20. The van der Waals surface area contributed by atoms with E-state index in [0.717, 1.165) is 49.3 Å². The summed E-state index contributed by atoms with van der Waals surface area (Å²) in [7, 11) is 1.83. The Morgan fingerprint density at radius 1 is 1.37 bits per heavy atom. The molecule has 1 fully saturated rings. The zero-order valence-corrected chi connectivity index (χ0v) is 20.5. The monoisotopic (exact) mass is 563 g/mol. The molecule has 1 unspecified atom stereocenters. The minimum atomic E-state index is 0. The van der Waals surface area contributed by atoms with Gasteiger partial charge in [-0.05, 0) is 37.1 Å². The van der Waals surface area contributed by atoms with Crippen LogP contribution in [0.2, 0.25) is 0 Å². The first-order valence-corrected chi connectivity index (χ1v) is 10.7. The average Bonchev–Trinajstić information content (AvgIpc) is 3.31. The largest absolute Gasteiger partial charge is 0.369 e. The third-order valence-corrected chi connectivity index (χ3v) is 6.26. The van der Waals surface area contributed by atoms with Crippen molar-refractivity contribution in [2.75, 3.05) is 31.6 Å². The second-order valence-electron chi connectivity index (χ2n) is 6.38. The van der Waals surface area contributed by atoms with Crippen LogP contribution in [0.4, 0.5) is 5.69 Å². The lowest BCUT2D eigenvalue weighted by Crippen LogP contribution is -2.45. The number of anilines is 1. The molecule has 2 N–H and O–H groups in total. The molecular formula is C19H27BrIN5S. The Hall–Kier alpha value is -0.870. The van der Waals surface area contributed by atoms with E-state index in [2.05, 4.69) is 72.6 Å². The van der Waals surface area contributed by atoms with Gasteiger partial charge in [0.2, 0.25) is 0 Å². The molecule has 8 heteroatoms. The van der Waals surface area contributed by atoms with E-state index in [-0.39, 0.29) is 24.0 Å². The van der Waals surface area contributed by atoms with E-state index in [1.807, 2.05) is 13.2 Å². The van der Waals surface area contributed by atoms with Crippen LogP contribution in [0.15, 0.2) is 39.9 Å². The number of aryl methyl sites for hydroxylation is 1. The number of nitrogens with zero attached hydrogens (tertiary/aromatic N) is 3. The van der Waals surface area contributed by atoms with Gasteiger partial charge in [0.1, 0.15) is 0 Å². The summed E-state index contributed by atoms with van der Waals surface area (Å²) < 4.78 is 1.12. The number of hydrogen-bond acceptors (Lipinski definition) is 4. The van der Waals surface area contributed by atoms with E-state index in [1.54, 1.807) is 11.3 Å². The highest BCUT2D eigenvalue weighted by Crippen LogP contribution is 2.22. The van der Waals surface area contributed by atoms with Crippen LogP contribution < -0.4 is 15.5 Å². The highest BCUT2D eigenvalue weighted by Gasteiger charge is 2.23. The van der Waals surface area contributed by atoms with E-state index >= 15 is 0 Å². The van der Waals surface area contributed by atoms with Crippen LogP contribution in [0.25, 0.3) is 0 Å². The topological polar surface area (TPSA) is 52.6 Å². The molecule has 0 radical (unpaired) electrons. The van der Waals surface area contributed by atoms with E-state index in [0.29, 0.717) is 6.04 Å². The highest BCUT2D eigenvalue weighted by molar-refractivity contribution is 14.0. The zero-order valence-electron chi connectivity index (χ0n) is 15.7. The molecule has 1 aromatic heterocycles. The summed E-state index contributed by atoms with van der Waals surface area (Å²) in [4.78, 5) is 12.6. The van der Waals surface area contributed by atoms with E-state index in [1.165, 1.54) is 15.6 Å². The number of nitrogens with one attached hydrogen (secondary N) is 2. The number of thiazole rings is 1. The van der Waals surface area contributed by atoms with Crippen LogP contribution in [-0.2, 0) is 12.8 Å². The van der Waals surface area contributed by atoms with Crippen molar-refractivity contribution >= 4 is 62.9 Å². The first kappa shape index (κ1) is 22.4. The predicted octanol–water partition coefficient (Wildman–Crippen LogP) is 4.07. The molecule has 0 spiro atoms. The molecule has 1 aromatic carbocycles. The van der Waals surface area contributed by atoms with E-state index in [4.69, 9.17) is 0 Å². The molecule has 2 aromatic rings. The molecule has 148 valence electrons. The SMILES string of the molecule is CCc1cnc(CCNC(=NC)NC2CCN(c3ccc(Br)cc3)C2)s1.I. The smallest absolute Gasteiger partial charge is 0.191 e. The fourth-order valence-corrected chi connectivity index (χ4v) is 4.19. The lowest BCUT2D eigenvalue weighted by atomic mass is 10.3. The molecule has 1 atom stereocenters. The maximum Gasteiger partial charge on any atom is 0.191 e. The first-order chi connectivity index (χ1) is 12.7. The fourth-order valence-electron chi connectivity index (χ4n) is 3.07. The molecule has 1 aliphatic rings. The minimum Gasteiger partial charge on any atom is -0.369 e. The quantitative estimate of drug-likeness (QED) is 0.316. The van der Waals surface area contributed by atoms with Crippen LogP contribution in [0.5, 0.6) is 0 Å². The summed E-state index contributed by atoms with van der Waals surface area (Å²) >= 11 is 5.30. The molecule has 1 aliphatic heterocycles. The van der Waals surface area contributed by atoms with Crippen molar-refractivity contribution in [1.29, 1.82) is 0 Å². The maximum atomic E-state index is 4.47. The Bertz CT molecular complexity index is 734. The molecule has 3 rings (SSSR count). The van der Waals surface area contributed by atoms with Crippen molar-refractivity contribution in [2.45, 2.75) is 32.2 Å². The van der Waals surface area contributed by atoms with Gasteiger partial charge in [0.25, 0.3) is 0 Å². The third kappa shape index (κ3) is 6.60. The standard InChI is InChI=1S/C19H26BrN5S.HI/c1-3-17-12-23-18(26-17)8-10-22-19(21-2)24-15-9-11-25(13-15)16-6-4-14(20)5-7-16;/h4-7,12,15H,3,8-11,13H2,1-2H3,(H2,21,22,24);1H. The number of guanidine groups is 1. The molecule has 0 aliphatic carbocycles. The van der Waals surface area contributed by atoms with E-state index in [9.17, 15) is 0 Å². The van der Waals surface area contributed by atoms with Crippen molar-refractivity contribution in [3.8, 4) is 0 Å². The molecule has 5 nitrogen and oxygen atoms in total. The Labute approximate surface area is 191 Å². The summed E-state index contributed by atoms with van der Waals surface area (Å²) in [5.74, 6) is 0.875. The second kappa shape index (κ2) is 11.2. The molecule has 27 heavy (non-hydrogen) atoms. The number of benzene rings is 1. The Morgan fingerprint density at radius 2 is 2.15 bits per heavy atom. The molecule has 1 saturated heterocycles. The van der Waals surface area contributed by atoms with Crippen LogP contribution in [0.3, 0.4) is 0 Å². The Balaban J connectivity index is 0.00000261. The van der Waals surface area contributed by atoms with Gasteiger partial charge in [-0.2, -0.15) is 0 Å². The summed E-state index contributed by atoms with van der Waals surface area (Å²) in [6.45, 7) is 5.07. The van der Waals surface area contributed by atoms with Gasteiger partial charge in [-0.3, -0.25) is 4.99 Å². The normalized spacial score (nSPS) is 16.9. The van der Waals surface area contributed by atoms with Gasteiger partial charge >= 0.3 is 0 Å². The summed E-state index contributed by atoms with van der Waals surface area (Å²) in [6, 6.07) is 8.94. The van der Waals surface area contributed by atoms with Gasteiger partial charge in [-0.1, -0.05) is 22.9 Å². The van der Waals surface area contributed by atoms with Crippen molar-refractivity contribution in [3.63, 3.8) is 0 Å². The summed E-state index contributed by atoms with van der Waals surface area (Å²) in [5.41, 5.74) is 1.27. The number of rotatable bonds is 6. The second-order valence-corrected chi connectivity index (χ2v) is 8.49. The Morgan fingerprint density at radius 3 is 2.81 bits per heavy atom. The van der Waals surface area contributed by atoms with Gasteiger partial charge < -0.3 is 15.5 Å². The maximum absolute atomic E-state index is 4.47. The number of halogens is 2. The van der Waals surface area contributed by atoms with Crippen molar-refractivity contribution < 1.29 is 0 Å². The number of aliphatic imine (C=N–C) groups is 1. The van der Waals surface area contributed by atoms with Crippen LogP contribution >= 0.6 is 51.2 Å². The van der Waals surface area contributed by atoms with Crippen molar-refractivity contribution in [1.82, 2.24) is 15.6 Å². The van der Waals surface area contributed by atoms with E-state index < -0.39 is 0 Å². The minimum absolute atomic E-state index is 0. The van der Waals surface area contributed by atoms with Gasteiger partial charge in [-0.25, -0.2) is 4.98 Å². The molecular weight excluding hydrogens is 537 g/mol. The van der Waals surface area contributed by atoms with Crippen LogP contribution in [0.1, 0.15) is 23.2 Å². The zero-order chi connectivity index (χ0) is 18.4. The van der Waals surface area contributed by atoms with Gasteiger partial charge in [-0.15, -0.1) is 35.3 Å². The van der Waals surface area contributed by atoms with Crippen LogP contribution in [0, 0.1) is 0 Å². The molecule has 0 amide bonds. The highest BCUT2D eigenvalue weighted by atomic mass is 127. The van der Waals surface area contributed by atoms with Crippen molar-refractivity contribution in [3.05, 3.63) is 44.8 Å². The average molecular weight is 564 g/mol. The number of hydrogen-bond donors (Lipinski definition) is 2. The fraction of sp³-hybridized carbons (Fsp3) is 0.474. The lowest BCUT2D eigenvalue weighted by molar-refractivity contribution is 0.648. The third-order valence-electron chi connectivity index (χ3n) is 4.53.